The Balaban J connectivity index is 1.88. The second kappa shape index (κ2) is 7.74. The van der Waals surface area contributed by atoms with E-state index in [-0.39, 0.29) is 12.5 Å². The van der Waals surface area contributed by atoms with Gasteiger partial charge in [-0.1, -0.05) is 36.4 Å². The van der Waals surface area contributed by atoms with Gasteiger partial charge in [-0.2, -0.15) is 0 Å². The molecule has 4 rings (SSSR count). The molecular weight excluding hydrogens is 370 g/mol. The van der Waals surface area contributed by atoms with Crippen LogP contribution in [0.25, 0.3) is 32.2 Å². The van der Waals surface area contributed by atoms with Crippen LogP contribution in [-0.2, 0) is 4.79 Å². The number of anilines is 1. The maximum Gasteiger partial charge on any atom is 0.239 e. The number of carbonyl (C=O) groups is 1. The fraction of sp³-hybridized carbons (Fsp3) is 0.143. The molecule has 4 aromatic rings. The Kier molecular flexibility index (Phi) is 4.99. The summed E-state index contributed by atoms with van der Waals surface area (Å²) in [6, 6.07) is 17.9. The fourth-order valence-electron chi connectivity index (χ4n) is 2.92. The molecule has 0 fully saturated rings. The third-order valence-electron chi connectivity index (χ3n) is 4.35. The Morgan fingerprint density at radius 1 is 1.11 bits per heavy atom. The Hall–Kier alpha value is -3.32. The molecule has 3 aromatic heterocycles. The maximum absolute atomic E-state index is 11.9. The summed E-state index contributed by atoms with van der Waals surface area (Å²) in [7, 11) is 3.49. The van der Waals surface area contributed by atoms with Crippen molar-refractivity contribution in [3.8, 4) is 22.0 Å². The van der Waals surface area contributed by atoms with Crippen LogP contribution in [0.2, 0.25) is 0 Å². The highest BCUT2D eigenvalue weighted by molar-refractivity contribution is 7.22. The molecule has 28 heavy (non-hydrogen) atoms. The van der Waals surface area contributed by atoms with Gasteiger partial charge >= 0.3 is 0 Å². The molecule has 1 N–H and O–H groups in total. The molecule has 0 saturated carbocycles. The Morgan fingerprint density at radius 3 is 2.61 bits per heavy atom. The van der Waals surface area contributed by atoms with E-state index in [9.17, 15) is 4.79 Å². The first-order valence-electron chi connectivity index (χ1n) is 8.86. The second-order valence-corrected chi connectivity index (χ2v) is 7.34. The van der Waals surface area contributed by atoms with Gasteiger partial charge in [-0.3, -0.25) is 9.78 Å². The van der Waals surface area contributed by atoms with Crippen LogP contribution < -0.4 is 10.2 Å². The molecule has 0 unspecified atom stereocenters. The number of amides is 1. The molecule has 6 nitrogen and oxygen atoms in total. The minimum absolute atomic E-state index is 0.0767. The number of rotatable bonds is 5. The molecule has 0 aliphatic carbocycles. The van der Waals surface area contributed by atoms with E-state index in [0.29, 0.717) is 17.3 Å². The number of fused-ring (bicyclic) bond motifs is 1. The van der Waals surface area contributed by atoms with E-state index in [2.05, 4.69) is 28.5 Å². The van der Waals surface area contributed by atoms with Crippen LogP contribution in [0.1, 0.15) is 0 Å². The predicted molar refractivity (Wildman–Crippen MR) is 113 cm³/mol. The minimum Gasteiger partial charge on any atom is -0.358 e. The van der Waals surface area contributed by atoms with Gasteiger partial charge in [0.05, 0.1) is 11.9 Å². The molecule has 0 radical (unpaired) electrons. The van der Waals surface area contributed by atoms with Crippen molar-refractivity contribution < 1.29 is 4.79 Å². The molecule has 140 valence electrons. The number of hydrogen-bond acceptors (Lipinski definition) is 6. The molecule has 1 amide bonds. The van der Waals surface area contributed by atoms with Crippen molar-refractivity contribution in [3.05, 3.63) is 60.8 Å². The molecule has 0 aliphatic heterocycles. The number of nitrogens with zero attached hydrogens (tertiary/aromatic N) is 4. The highest BCUT2D eigenvalue weighted by Gasteiger charge is 2.18. The average molecular weight is 389 g/mol. The Morgan fingerprint density at radius 2 is 1.89 bits per heavy atom. The first-order valence-corrected chi connectivity index (χ1v) is 9.67. The number of thiophene rings is 1. The third-order valence-corrected chi connectivity index (χ3v) is 5.42. The van der Waals surface area contributed by atoms with E-state index < -0.39 is 0 Å². The second-order valence-electron chi connectivity index (χ2n) is 6.31. The van der Waals surface area contributed by atoms with Crippen molar-refractivity contribution in [1.29, 1.82) is 0 Å². The zero-order valence-electron chi connectivity index (χ0n) is 15.6. The molecule has 0 bridgehead atoms. The molecular formula is C21H19N5OS. The monoisotopic (exact) mass is 389 g/mol. The summed E-state index contributed by atoms with van der Waals surface area (Å²) in [5.74, 6) is 1.19. The molecule has 0 atom stereocenters. The molecule has 1 aromatic carbocycles. The average Bonchev–Trinajstić information content (AvgIpc) is 3.18. The van der Waals surface area contributed by atoms with Crippen molar-refractivity contribution >= 4 is 33.3 Å². The summed E-state index contributed by atoms with van der Waals surface area (Å²) in [6.07, 6.45) is 1.72. The summed E-state index contributed by atoms with van der Waals surface area (Å²) in [4.78, 5) is 29.6. The first-order chi connectivity index (χ1) is 13.7. The summed E-state index contributed by atoms with van der Waals surface area (Å²) in [5, 5.41) is 3.58. The van der Waals surface area contributed by atoms with E-state index in [0.717, 1.165) is 20.7 Å². The number of likely N-dealkylation sites (N-methyl/N-ethyl adjacent to an activating group) is 2. The number of carbonyl (C=O) groups excluding carboxylic acids is 1. The van der Waals surface area contributed by atoms with E-state index in [4.69, 9.17) is 9.97 Å². The summed E-state index contributed by atoms with van der Waals surface area (Å²) >= 11 is 1.61. The molecule has 0 spiro atoms. The van der Waals surface area contributed by atoms with Gasteiger partial charge in [0.25, 0.3) is 0 Å². The van der Waals surface area contributed by atoms with Crippen molar-refractivity contribution in [1.82, 2.24) is 20.3 Å². The topological polar surface area (TPSA) is 71.0 Å². The Labute approximate surface area is 166 Å². The van der Waals surface area contributed by atoms with E-state index in [1.165, 1.54) is 0 Å². The van der Waals surface area contributed by atoms with Crippen LogP contribution in [-0.4, -0.2) is 41.5 Å². The lowest BCUT2D eigenvalue weighted by Crippen LogP contribution is -2.33. The van der Waals surface area contributed by atoms with Crippen molar-refractivity contribution in [2.24, 2.45) is 0 Å². The predicted octanol–water partition coefficient (Wildman–Crippen LogP) is 3.60. The number of nitrogens with one attached hydrogen (secondary N) is 1. The molecule has 7 heteroatoms. The number of pyridine rings is 1. The molecule has 0 saturated heterocycles. The van der Waals surface area contributed by atoms with E-state index in [1.807, 2.05) is 48.3 Å². The number of hydrogen-bond donors (Lipinski definition) is 1. The normalized spacial score (nSPS) is 10.8. The molecule has 0 aliphatic rings. The zero-order chi connectivity index (χ0) is 19.5. The highest BCUT2D eigenvalue weighted by atomic mass is 32.1. The SMILES string of the molecule is CNC(=O)CN(C)c1nc(-c2ccccn2)nc2sc(-c3ccccc3)cc12. The lowest BCUT2D eigenvalue weighted by molar-refractivity contribution is -0.119. The van der Waals surface area contributed by atoms with Crippen LogP contribution in [0.5, 0.6) is 0 Å². The largest absolute Gasteiger partial charge is 0.358 e. The van der Waals surface area contributed by atoms with Crippen LogP contribution in [0.15, 0.2) is 60.8 Å². The van der Waals surface area contributed by atoms with Crippen LogP contribution in [0, 0.1) is 0 Å². The third kappa shape index (κ3) is 3.57. The lowest BCUT2D eigenvalue weighted by Gasteiger charge is -2.18. The van der Waals surface area contributed by atoms with Gasteiger partial charge in [-0.25, -0.2) is 9.97 Å². The van der Waals surface area contributed by atoms with Crippen LogP contribution in [0.3, 0.4) is 0 Å². The summed E-state index contributed by atoms with van der Waals surface area (Å²) in [6.45, 7) is 0.209. The number of aromatic nitrogens is 3. The van der Waals surface area contributed by atoms with Gasteiger partial charge in [-0.05, 0) is 23.8 Å². The zero-order valence-corrected chi connectivity index (χ0v) is 16.4. The van der Waals surface area contributed by atoms with Gasteiger partial charge in [-0.15, -0.1) is 11.3 Å². The highest BCUT2D eigenvalue weighted by Crippen LogP contribution is 2.37. The summed E-state index contributed by atoms with van der Waals surface area (Å²) in [5.41, 5.74) is 1.83. The van der Waals surface area contributed by atoms with Crippen molar-refractivity contribution in [2.75, 3.05) is 25.5 Å². The Bertz CT molecular complexity index is 1110. The maximum atomic E-state index is 11.9. The van der Waals surface area contributed by atoms with Gasteiger partial charge in [0.1, 0.15) is 16.3 Å². The van der Waals surface area contributed by atoms with E-state index >= 15 is 0 Å². The van der Waals surface area contributed by atoms with Gasteiger partial charge in [0.2, 0.25) is 5.91 Å². The van der Waals surface area contributed by atoms with E-state index in [1.54, 1.807) is 24.6 Å². The minimum atomic E-state index is -0.0767. The quantitative estimate of drug-likeness (QED) is 0.565. The summed E-state index contributed by atoms with van der Waals surface area (Å²) < 4.78 is 0. The van der Waals surface area contributed by atoms with Crippen molar-refractivity contribution in [3.63, 3.8) is 0 Å². The van der Waals surface area contributed by atoms with Gasteiger partial charge < -0.3 is 10.2 Å². The first kappa shape index (κ1) is 18.1. The van der Waals surface area contributed by atoms with Gasteiger partial charge in [0, 0.05) is 25.2 Å². The lowest BCUT2D eigenvalue weighted by atomic mass is 10.2. The fourth-order valence-corrected chi connectivity index (χ4v) is 3.95. The van der Waals surface area contributed by atoms with Crippen LogP contribution in [0.4, 0.5) is 5.82 Å². The standard InChI is InChI=1S/C21H19N5OS/c1-22-18(27)13-26(2)20-15-12-17(14-8-4-3-5-9-14)28-21(15)25-19(24-20)16-10-6-7-11-23-16/h3-12H,13H2,1-2H3,(H,22,27). The molecule has 3 heterocycles. The van der Waals surface area contributed by atoms with Gasteiger partial charge in [0.15, 0.2) is 5.82 Å². The number of benzene rings is 1. The van der Waals surface area contributed by atoms with Crippen LogP contribution >= 0.6 is 11.3 Å². The van der Waals surface area contributed by atoms with Crippen molar-refractivity contribution in [2.45, 2.75) is 0 Å². The smallest absolute Gasteiger partial charge is 0.239 e.